The maximum absolute atomic E-state index is 4.58. The molecule has 132 valence electrons. The largest absolute Gasteiger partial charge is 0.367 e. The van der Waals surface area contributed by atoms with Crippen LogP contribution in [0.3, 0.4) is 0 Å². The summed E-state index contributed by atoms with van der Waals surface area (Å²) in [5, 5.41) is 0. The molecule has 2 nitrogen and oxygen atoms in total. The van der Waals surface area contributed by atoms with Crippen LogP contribution < -0.4 is 4.90 Å². The van der Waals surface area contributed by atoms with Crippen LogP contribution in [-0.4, -0.2) is 12.8 Å². The number of anilines is 1. The molecule has 0 unspecified atom stereocenters. The fourth-order valence-corrected chi connectivity index (χ4v) is 2.93. The first-order chi connectivity index (χ1) is 12.8. The predicted molar refractivity (Wildman–Crippen MR) is 113 cm³/mol. The smallest absolute Gasteiger partial charge is 0.0630 e. The standard InChI is InChI=1S/C24H26N2/c1-3-20-10-14-23(15-11-20)25-18-21-12-16-24(17-13-21)26(4-2)19-22-8-6-5-7-9-22/h5-18H,3-4,19H2,1-2H3. The minimum atomic E-state index is 0.925. The van der Waals surface area contributed by atoms with Gasteiger partial charge in [-0.2, -0.15) is 0 Å². The van der Waals surface area contributed by atoms with E-state index in [2.05, 4.69) is 103 Å². The fourth-order valence-electron chi connectivity index (χ4n) is 2.93. The molecular formula is C24H26N2. The molecule has 0 saturated carbocycles. The Morgan fingerprint density at radius 1 is 0.769 bits per heavy atom. The summed E-state index contributed by atoms with van der Waals surface area (Å²) >= 11 is 0. The van der Waals surface area contributed by atoms with Crippen molar-refractivity contribution in [1.29, 1.82) is 0 Å². The van der Waals surface area contributed by atoms with E-state index in [4.69, 9.17) is 0 Å². The van der Waals surface area contributed by atoms with Crippen molar-refractivity contribution in [1.82, 2.24) is 0 Å². The summed E-state index contributed by atoms with van der Waals surface area (Å²) in [5.41, 5.74) is 6.01. The van der Waals surface area contributed by atoms with Gasteiger partial charge in [0.1, 0.15) is 0 Å². The van der Waals surface area contributed by atoms with Crippen molar-refractivity contribution < 1.29 is 0 Å². The molecule has 0 aliphatic rings. The zero-order valence-corrected chi connectivity index (χ0v) is 15.6. The first-order valence-corrected chi connectivity index (χ1v) is 9.30. The van der Waals surface area contributed by atoms with Crippen molar-refractivity contribution in [2.45, 2.75) is 26.8 Å². The van der Waals surface area contributed by atoms with Gasteiger partial charge in [-0.1, -0.05) is 61.5 Å². The number of nitrogens with zero attached hydrogens (tertiary/aromatic N) is 2. The molecule has 0 aliphatic carbocycles. The molecule has 0 aliphatic heterocycles. The first-order valence-electron chi connectivity index (χ1n) is 9.30. The van der Waals surface area contributed by atoms with E-state index in [9.17, 15) is 0 Å². The molecule has 0 bridgehead atoms. The molecule has 0 atom stereocenters. The lowest BCUT2D eigenvalue weighted by molar-refractivity contribution is 0.832. The highest BCUT2D eigenvalue weighted by atomic mass is 15.1. The quantitative estimate of drug-likeness (QED) is 0.479. The van der Waals surface area contributed by atoms with Crippen molar-refractivity contribution in [3.05, 3.63) is 95.6 Å². The molecule has 0 N–H and O–H groups in total. The Kier molecular flexibility index (Phi) is 6.21. The lowest BCUT2D eigenvalue weighted by Crippen LogP contribution is -2.21. The molecule has 2 heteroatoms. The van der Waals surface area contributed by atoms with Crippen molar-refractivity contribution in [3.63, 3.8) is 0 Å². The van der Waals surface area contributed by atoms with Crippen LogP contribution in [0.2, 0.25) is 0 Å². The van der Waals surface area contributed by atoms with Crippen LogP contribution >= 0.6 is 0 Å². The third kappa shape index (κ3) is 4.82. The van der Waals surface area contributed by atoms with E-state index in [0.717, 1.165) is 30.8 Å². The van der Waals surface area contributed by atoms with Gasteiger partial charge in [-0.05, 0) is 54.3 Å². The third-order valence-electron chi connectivity index (χ3n) is 4.56. The topological polar surface area (TPSA) is 15.6 Å². The average molecular weight is 342 g/mol. The second-order valence-electron chi connectivity index (χ2n) is 6.37. The monoisotopic (exact) mass is 342 g/mol. The van der Waals surface area contributed by atoms with Crippen LogP contribution in [0.15, 0.2) is 83.9 Å². The van der Waals surface area contributed by atoms with Crippen LogP contribution in [0.4, 0.5) is 11.4 Å². The van der Waals surface area contributed by atoms with Crippen LogP contribution in [0.1, 0.15) is 30.5 Å². The molecule has 3 rings (SSSR count). The number of benzene rings is 3. The lowest BCUT2D eigenvalue weighted by Gasteiger charge is -2.23. The van der Waals surface area contributed by atoms with Crippen LogP contribution in [0.5, 0.6) is 0 Å². The van der Waals surface area contributed by atoms with Crippen molar-refractivity contribution in [2.24, 2.45) is 4.99 Å². The Morgan fingerprint density at radius 2 is 1.46 bits per heavy atom. The Labute approximate surface area is 156 Å². The molecular weight excluding hydrogens is 316 g/mol. The number of hydrogen-bond acceptors (Lipinski definition) is 2. The fraction of sp³-hybridized carbons (Fsp3) is 0.208. The molecule has 3 aromatic carbocycles. The summed E-state index contributed by atoms with van der Waals surface area (Å²) in [6.07, 6.45) is 2.99. The van der Waals surface area contributed by atoms with E-state index in [-0.39, 0.29) is 0 Å². The summed E-state index contributed by atoms with van der Waals surface area (Å²) in [6.45, 7) is 6.26. The molecule has 0 fully saturated rings. The number of aliphatic imine (C=N–C) groups is 1. The second-order valence-corrected chi connectivity index (χ2v) is 6.37. The minimum absolute atomic E-state index is 0.925. The Bertz CT molecular complexity index is 818. The second kappa shape index (κ2) is 9.00. The van der Waals surface area contributed by atoms with Crippen molar-refractivity contribution in [2.75, 3.05) is 11.4 Å². The summed E-state index contributed by atoms with van der Waals surface area (Å²) in [7, 11) is 0. The van der Waals surface area contributed by atoms with Gasteiger partial charge < -0.3 is 4.90 Å². The highest BCUT2D eigenvalue weighted by molar-refractivity contribution is 5.82. The van der Waals surface area contributed by atoms with Crippen LogP contribution in [0.25, 0.3) is 0 Å². The molecule has 0 saturated heterocycles. The zero-order valence-electron chi connectivity index (χ0n) is 15.6. The van der Waals surface area contributed by atoms with Gasteiger partial charge in [0.2, 0.25) is 0 Å². The normalized spacial score (nSPS) is 11.0. The zero-order chi connectivity index (χ0) is 18.2. The Hall–Kier alpha value is -2.87. The van der Waals surface area contributed by atoms with Crippen LogP contribution in [-0.2, 0) is 13.0 Å². The maximum atomic E-state index is 4.58. The van der Waals surface area contributed by atoms with E-state index < -0.39 is 0 Å². The molecule has 3 aromatic rings. The number of aryl methyl sites for hydroxylation is 1. The van der Waals surface area contributed by atoms with Gasteiger partial charge in [0, 0.05) is 25.0 Å². The third-order valence-corrected chi connectivity index (χ3v) is 4.56. The molecule has 0 spiro atoms. The Balaban J connectivity index is 1.67. The number of rotatable bonds is 7. The maximum Gasteiger partial charge on any atom is 0.0630 e. The predicted octanol–water partition coefficient (Wildman–Crippen LogP) is 6.03. The summed E-state index contributed by atoms with van der Waals surface area (Å²) in [6, 6.07) is 27.6. The van der Waals surface area contributed by atoms with Gasteiger partial charge in [0.05, 0.1) is 5.69 Å². The van der Waals surface area contributed by atoms with Gasteiger partial charge in [-0.15, -0.1) is 0 Å². The summed E-state index contributed by atoms with van der Waals surface area (Å²) < 4.78 is 0. The number of hydrogen-bond donors (Lipinski definition) is 0. The van der Waals surface area contributed by atoms with E-state index in [1.165, 1.54) is 16.8 Å². The lowest BCUT2D eigenvalue weighted by atomic mass is 10.1. The first kappa shape index (κ1) is 17.9. The summed E-state index contributed by atoms with van der Waals surface area (Å²) in [4.78, 5) is 6.95. The van der Waals surface area contributed by atoms with Crippen LogP contribution in [0, 0.1) is 0 Å². The SMILES string of the molecule is CCc1ccc(N=Cc2ccc(N(CC)Cc3ccccc3)cc2)cc1. The molecule has 26 heavy (non-hydrogen) atoms. The molecule has 0 aromatic heterocycles. The van der Waals surface area contributed by atoms with Crippen molar-refractivity contribution in [3.8, 4) is 0 Å². The summed E-state index contributed by atoms with van der Waals surface area (Å²) in [5.74, 6) is 0. The molecule has 0 amide bonds. The highest BCUT2D eigenvalue weighted by Gasteiger charge is 2.05. The van der Waals surface area contributed by atoms with Crippen molar-refractivity contribution >= 4 is 17.6 Å². The van der Waals surface area contributed by atoms with E-state index in [0.29, 0.717) is 0 Å². The van der Waals surface area contributed by atoms with Gasteiger partial charge in [-0.25, -0.2) is 0 Å². The van der Waals surface area contributed by atoms with Gasteiger partial charge in [0.25, 0.3) is 0 Å². The van der Waals surface area contributed by atoms with E-state index in [1.807, 2.05) is 6.21 Å². The minimum Gasteiger partial charge on any atom is -0.367 e. The molecule has 0 radical (unpaired) electrons. The average Bonchev–Trinajstić information content (AvgIpc) is 2.72. The Morgan fingerprint density at radius 3 is 2.08 bits per heavy atom. The van der Waals surface area contributed by atoms with Gasteiger partial charge in [0.15, 0.2) is 0 Å². The van der Waals surface area contributed by atoms with E-state index >= 15 is 0 Å². The van der Waals surface area contributed by atoms with Gasteiger partial charge in [-0.3, -0.25) is 4.99 Å². The molecule has 0 heterocycles. The van der Waals surface area contributed by atoms with E-state index in [1.54, 1.807) is 0 Å². The highest BCUT2D eigenvalue weighted by Crippen LogP contribution is 2.18. The van der Waals surface area contributed by atoms with Gasteiger partial charge >= 0.3 is 0 Å².